The van der Waals surface area contributed by atoms with Gasteiger partial charge in [-0.05, 0) is 88.2 Å². The Labute approximate surface area is 206 Å². The lowest BCUT2D eigenvalue weighted by Gasteiger charge is -2.34. The highest BCUT2D eigenvalue weighted by molar-refractivity contribution is 5.77. The van der Waals surface area contributed by atoms with Crippen molar-refractivity contribution >= 4 is 23.0 Å². The number of rotatable bonds is 7. The number of carbonyl (C=O) groups excluding carboxylic acids is 1. The molecular weight excluding hydrogens is 450 g/mol. The highest BCUT2D eigenvalue weighted by Crippen LogP contribution is 2.31. The van der Waals surface area contributed by atoms with Crippen molar-refractivity contribution in [1.29, 1.82) is 0 Å². The molecule has 0 atom stereocenters. The zero-order valence-electron chi connectivity index (χ0n) is 20.6. The van der Waals surface area contributed by atoms with E-state index in [1.165, 1.54) is 0 Å². The van der Waals surface area contributed by atoms with Crippen molar-refractivity contribution in [1.82, 2.24) is 9.96 Å². The van der Waals surface area contributed by atoms with E-state index in [0.29, 0.717) is 19.0 Å². The third-order valence-electron chi connectivity index (χ3n) is 7.06. The average molecular weight is 487 g/mol. The number of amides is 1. The van der Waals surface area contributed by atoms with Crippen LogP contribution in [0.2, 0.25) is 0 Å². The van der Waals surface area contributed by atoms with Crippen LogP contribution in [0.1, 0.15) is 45.1 Å². The first-order valence-electron chi connectivity index (χ1n) is 12.5. The number of nitrogens with one attached hydrogen (secondary N) is 1. The molecule has 4 rings (SSSR count). The summed E-state index contributed by atoms with van der Waals surface area (Å²) < 4.78 is 27.4. The van der Waals surface area contributed by atoms with Gasteiger partial charge in [0, 0.05) is 42.0 Å². The van der Waals surface area contributed by atoms with Crippen molar-refractivity contribution in [3.05, 3.63) is 54.1 Å². The summed E-state index contributed by atoms with van der Waals surface area (Å²) in [7, 11) is 0. The van der Waals surface area contributed by atoms with Crippen LogP contribution in [-0.4, -0.2) is 59.2 Å². The van der Waals surface area contributed by atoms with E-state index in [0.717, 1.165) is 53.6 Å². The Hall–Kier alpha value is -2.71. The minimum Gasteiger partial charge on any atom is -0.365 e. The van der Waals surface area contributed by atoms with E-state index in [1.807, 2.05) is 48.5 Å². The second-order valence-corrected chi connectivity index (χ2v) is 10.0. The molecule has 2 fully saturated rings. The van der Waals surface area contributed by atoms with Gasteiger partial charge in [0.25, 0.3) is 5.92 Å². The number of likely N-dealkylation sites (tertiary alicyclic amines) is 1. The number of carbonyl (C=O) groups is 1. The van der Waals surface area contributed by atoms with Crippen molar-refractivity contribution in [2.24, 2.45) is 5.92 Å². The fourth-order valence-corrected chi connectivity index (χ4v) is 4.93. The summed E-state index contributed by atoms with van der Waals surface area (Å²) in [6, 6.07) is 15.5. The van der Waals surface area contributed by atoms with Gasteiger partial charge in [-0.1, -0.05) is 12.1 Å². The van der Waals surface area contributed by atoms with E-state index >= 15 is 0 Å². The van der Waals surface area contributed by atoms with Crippen molar-refractivity contribution in [3.63, 3.8) is 0 Å². The zero-order valence-corrected chi connectivity index (χ0v) is 20.6. The molecule has 0 unspecified atom stereocenters. The number of piperidine rings is 2. The Morgan fingerprint density at radius 3 is 2.23 bits per heavy atom. The number of nitrogens with zero attached hydrogens (tertiary/aromatic N) is 3. The Morgan fingerprint density at radius 1 is 1.06 bits per heavy atom. The number of benzene rings is 2. The lowest BCUT2D eigenvalue weighted by atomic mass is 9.95. The van der Waals surface area contributed by atoms with Gasteiger partial charge >= 0.3 is 0 Å². The van der Waals surface area contributed by atoms with E-state index in [9.17, 15) is 18.8 Å². The minimum absolute atomic E-state index is 0.0427. The first-order chi connectivity index (χ1) is 16.7. The normalized spacial score (nSPS) is 19.1. The Kier molecular flexibility index (Phi) is 7.91. The summed E-state index contributed by atoms with van der Waals surface area (Å²) in [5.74, 6) is -2.96. The van der Waals surface area contributed by atoms with Crippen LogP contribution in [0.25, 0.3) is 0 Å². The fourth-order valence-electron chi connectivity index (χ4n) is 4.93. The standard InChI is InChI=1S/C27H36F2N4O2/c1-20(2)31-16-12-22(13-17-31)26(34)33(35)18-21-4-6-23(7-5-21)30-24-8-10-25(11-9-24)32-15-3-14-27(28,29)19-32/h4-11,20,22,30,35H,3,12-19H2,1-2H3. The number of hydrogen-bond donors (Lipinski definition) is 2. The average Bonchev–Trinajstić information content (AvgIpc) is 2.84. The highest BCUT2D eigenvalue weighted by Gasteiger charge is 2.35. The van der Waals surface area contributed by atoms with Crippen LogP contribution < -0.4 is 10.2 Å². The second kappa shape index (κ2) is 10.9. The molecule has 0 spiro atoms. The summed E-state index contributed by atoms with van der Waals surface area (Å²) in [5.41, 5.74) is 3.36. The van der Waals surface area contributed by atoms with Gasteiger partial charge in [0.05, 0.1) is 13.1 Å². The number of alkyl halides is 2. The van der Waals surface area contributed by atoms with E-state index in [2.05, 4.69) is 24.1 Å². The quantitative estimate of drug-likeness (QED) is 0.400. The largest absolute Gasteiger partial charge is 0.365 e. The highest BCUT2D eigenvalue weighted by atomic mass is 19.3. The van der Waals surface area contributed by atoms with Crippen LogP contribution in [0.4, 0.5) is 25.8 Å². The van der Waals surface area contributed by atoms with E-state index < -0.39 is 5.92 Å². The Morgan fingerprint density at radius 2 is 1.66 bits per heavy atom. The van der Waals surface area contributed by atoms with Gasteiger partial charge in [0.1, 0.15) is 0 Å². The molecule has 2 N–H and O–H groups in total. The molecule has 0 saturated carbocycles. The third-order valence-corrected chi connectivity index (χ3v) is 7.06. The van der Waals surface area contributed by atoms with Gasteiger partial charge in [-0.2, -0.15) is 0 Å². The maximum atomic E-state index is 13.7. The van der Waals surface area contributed by atoms with Crippen molar-refractivity contribution in [2.45, 2.75) is 58.0 Å². The van der Waals surface area contributed by atoms with Crippen LogP contribution in [0, 0.1) is 5.92 Å². The molecule has 0 bridgehead atoms. The van der Waals surface area contributed by atoms with Gasteiger partial charge in [-0.25, -0.2) is 13.8 Å². The van der Waals surface area contributed by atoms with E-state index in [-0.39, 0.29) is 31.3 Å². The molecule has 2 aromatic carbocycles. The molecule has 2 heterocycles. The molecule has 8 heteroatoms. The molecule has 190 valence electrons. The molecule has 0 aromatic heterocycles. The number of hydroxylamine groups is 2. The molecule has 2 saturated heterocycles. The molecule has 0 radical (unpaired) electrons. The van der Waals surface area contributed by atoms with Crippen LogP contribution in [0.15, 0.2) is 48.5 Å². The summed E-state index contributed by atoms with van der Waals surface area (Å²) in [6.45, 7) is 6.65. The summed E-state index contributed by atoms with van der Waals surface area (Å²) >= 11 is 0. The third kappa shape index (κ3) is 6.70. The number of anilines is 3. The number of halogens is 2. The van der Waals surface area contributed by atoms with Gasteiger partial charge in [0.15, 0.2) is 0 Å². The molecular formula is C27H36F2N4O2. The molecule has 2 aliphatic heterocycles. The predicted molar refractivity (Wildman–Crippen MR) is 134 cm³/mol. The zero-order chi connectivity index (χ0) is 25.0. The van der Waals surface area contributed by atoms with Gasteiger partial charge < -0.3 is 15.1 Å². The smallest absolute Gasteiger partial charge is 0.265 e. The van der Waals surface area contributed by atoms with Gasteiger partial charge in [-0.15, -0.1) is 0 Å². The van der Waals surface area contributed by atoms with E-state index in [1.54, 1.807) is 4.90 Å². The van der Waals surface area contributed by atoms with Crippen molar-refractivity contribution in [2.75, 3.05) is 36.4 Å². The Bertz CT molecular complexity index is 974. The topological polar surface area (TPSA) is 59.1 Å². The first kappa shape index (κ1) is 25.4. The van der Waals surface area contributed by atoms with E-state index in [4.69, 9.17) is 0 Å². The molecule has 0 aliphatic carbocycles. The first-order valence-corrected chi connectivity index (χ1v) is 12.5. The van der Waals surface area contributed by atoms with Crippen molar-refractivity contribution in [3.8, 4) is 0 Å². The minimum atomic E-state index is -2.63. The summed E-state index contributed by atoms with van der Waals surface area (Å²) in [4.78, 5) is 16.8. The van der Waals surface area contributed by atoms with Crippen LogP contribution >= 0.6 is 0 Å². The molecule has 1 amide bonds. The van der Waals surface area contributed by atoms with Crippen LogP contribution in [-0.2, 0) is 11.3 Å². The maximum Gasteiger partial charge on any atom is 0.265 e. The lowest BCUT2D eigenvalue weighted by Crippen LogP contribution is -2.43. The maximum absolute atomic E-state index is 13.7. The summed E-state index contributed by atoms with van der Waals surface area (Å²) in [5, 5.41) is 14.5. The molecule has 35 heavy (non-hydrogen) atoms. The van der Waals surface area contributed by atoms with Crippen LogP contribution in [0.3, 0.4) is 0 Å². The van der Waals surface area contributed by atoms with Gasteiger partial charge in [-0.3, -0.25) is 10.0 Å². The molecule has 2 aliphatic rings. The molecule has 6 nitrogen and oxygen atoms in total. The van der Waals surface area contributed by atoms with Gasteiger partial charge in [0.2, 0.25) is 5.91 Å². The fraction of sp³-hybridized carbons (Fsp3) is 0.519. The predicted octanol–water partition coefficient (Wildman–Crippen LogP) is 5.50. The summed E-state index contributed by atoms with van der Waals surface area (Å²) in [6.07, 6.45) is 2.00. The SMILES string of the molecule is CC(C)N1CCC(C(=O)N(O)Cc2ccc(Nc3ccc(N4CCCC(F)(F)C4)cc3)cc2)CC1. The second-order valence-electron chi connectivity index (χ2n) is 10.0. The Balaban J connectivity index is 1.28. The monoisotopic (exact) mass is 486 g/mol. The number of hydrogen-bond acceptors (Lipinski definition) is 5. The lowest BCUT2D eigenvalue weighted by molar-refractivity contribution is -0.174. The molecule has 2 aromatic rings. The van der Waals surface area contributed by atoms with Crippen LogP contribution in [0.5, 0.6) is 0 Å². The van der Waals surface area contributed by atoms with Crippen molar-refractivity contribution < 1.29 is 18.8 Å².